The van der Waals surface area contributed by atoms with Crippen LogP contribution in [0.5, 0.6) is 0 Å². The number of anilines is 1. The molecule has 0 aliphatic heterocycles. The smallest absolute Gasteiger partial charge is 0.255 e. The Hall–Kier alpha value is -3.92. The van der Waals surface area contributed by atoms with Crippen molar-refractivity contribution in [3.63, 3.8) is 0 Å². The van der Waals surface area contributed by atoms with Gasteiger partial charge in [0.1, 0.15) is 5.52 Å². The van der Waals surface area contributed by atoms with Crippen molar-refractivity contribution in [3.8, 4) is 11.5 Å². The van der Waals surface area contributed by atoms with E-state index < -0.39 is 0 Å². The van der Waals surface area contributed by atoms with Gasteiger partial charge in [-0.2, -0.15) is 0 Å². The third kappa shape index (κ3) is 3.80. The van der Waals surface area contributed by atoms with Crippen LogP contribution >= 0.6 is 0 Å². The van der Waals surface area contributed by atoms with Crippen LogP contribution in [0.1, 0.15) is 35.7 Å². The van der Waals surface area contributed by atoms with Gasteiger partial charge in [0.2, 0.25) is 5.89 Å². The maximum atomic E-state index is 12.7. The van der Waals surface area contributed by atoms with E-state index in [0.29, 0.717) is 17.4 Å². The van der Waals surface area contributed by atoms with Crippen molar-refractivity contribution in [2.75, 3.05) is 5.32 Å². The summed E-state index contributed by atoms with van der Waals surface area (Å²) in [6.07, 6.45) is 0. The Kier molecular flexibility index (Phi) is 4.75. The second-order valence-corrected chi connectivity index (χ2v) is 7.99. The van der Waals surface area contributed by atoms with E-state index >= 15 is 0 Å². The lowest BCUT2D eigenvalue weighted by molar-refractivity contribution is 0.102. The normalized spacial score (nSPS) is 11.3. The van der Waals surface area contributed by atoms with Crippen LogP contribution in [0.2, 0.25) is 0 Å². The molecule has 4 nitrogen and oxygen atoms in total. The molecular weight excluding hydrogens is 384 g/mol. The lowest BCUT2D eigenvalue weighted by Crippen LogP contribution is -2.11. The van der Waals surface area contributed by atoms with Crippen LogP contribution in [0, 0.1) is 0 Å². The zero-order valence-corrected chi connectivity index (χ0v) is 17.4. The van der Waals surface area contributed by atoms with Gasteiger partial charge in [-0.15, -0.1) is 0 Å². The first-order valence-electron chi connectivity index (χ1n) is 10.4. The number of hydrogen-bond donors (Lipinski definition) is 1. The van der Waals surface area contributed by atoms with E-state index in [1.54, 1.807) is 0 Å². The third-order valence-corrected chi connectivity index (χ3v) is 5.48. The standard InChI is InChI=1S/C27H22N2O2/c1-17(2)20-11-14-25-24(16-20)29-27(31-25)19-9-12-23(13-10-19)28-26(30)22-8-7-18-5-3-4-6-21(18)15-22/h3-17H,1-2H3,(H,28,30). The second-order valence-electron chi connectivity index (χ2n) is 7.99. The van der Waals surface area contributed by atoms with Gasteiger partial charge in [-0.05, 0) is 70.8 Å². The first kappa shape index (κ1) is 19.1. The monoisotopic (exact) mass is 406 g/mol. The Bertz CT molecular complexity index is 1400. The van der Waals surface area contributed by atoms with Crippen molar-refractivity contribution in [2.45, 2.75) is 19.8 Å². The summed E-state index contributed by atoms with van der Waals surface area (Å²) in [5.41, 5.74) is 5.08. The first-order valence-corrected chi connectivity index (χ1v) is 10.4. The Labute approximate surface area is 180 Å². The zero-order valence-electron chi connectivity index (χ0n) is 17.4. The summed E-state index contributed by atoms with van der Waals surface area (Å²) < 4.78 is 5.92. The van der Waals surface area contributed by atoms with E-state index in [2.05, 4.69) is 36.3 Å². The van der Waals surface area contributed by atoms with E-state index in [0.717, 1.165) is 33.1 Å². The number of oxazole rings is 1. The van der Waals surface area contributed by atoms with Gasteiger partial charge in [0.25, 0.3) is 5.91 Å². The summed E-state index contributed by atoms with van der Waals surface area (Å²) in [7, 11) is 0. The Morgan fingerprint density at radius 3 is 2.42 bits per heavy atom. The molecule has 1 amide bonds. The van der Waals surface area contributed by atoms with Gasteiger partial charge in [-0.25, -0.2) is 4.98 Å². The van der Waals surface area contributed by atoms with Gasteiger partial charge in [0, 0.05) is 16.8 Å². The van der Waals surface area contributed by atoms with Gasteiger partial charge in [0.15, 0.2) is 5.58 Å². The fourth-order valence-corrected chi connectivity index (χ4v) is 3.66. The van der Waals surface area contributed by atoms with Crippen LogP contribution in [0.15, 0.2) is 89.3 Å². The first-order chi connectivity index (χ1) is 15.1. The Morgan fingerprint density at radius 1 is 0.871 bits per heavy atom. The number of aromatic nitrogens is 1. The van der Waals surface area contributed by atoms with Crippen LogP contribution in [0.4, 0.5) is 5.69 Å². The van der Waals surface area contributed by atoms with Crippen LogP contribution in [-0.2, 0) is 0 Å². The fourth-order valence-electron chi connectivity index (χ4n) is 3.66. The third-order valence-electron chi connectivity index (χ3n) is 5.48. The highest BCUT2D eigenvalue weighted by Crippen LogP contribution is 2.28. The van der Waals surface area contributed by atoms with E-state index in [-0.39, 0.29) is 5.91 Å². The minimum Gasteiger partial charge on any atom is -0.436 e. The fraction of sp³-hybridized carbons (Fsp3) is 0.111. The molecule has 31 heavy (non-hydrogen) atoms. The van der Waals surface area contributed by atoms with Gasteiger partial charge in [-0.1, -0.05) is 50.2 Å². The molecule has 1 aromatic heterocycles. The number of hydrogen-bond acceptors (Lipinski definition) is 3. The van der Waals surface area contributed by atoms with Gasteiger partial charge < -0.3 is 9.73 Å². The molecule has 5 rings (SSSR count). The summed E-state index contributed by atoms with van der Waals surface area (Å²) in [6.45, 7) is 4.32. The molecule has 0 saturated carbocycles. The predicted octanol–water partition coefficient (Wildman–Crippen LogP) is 7.02. The Morgan fingerprint density at radius 2 is 1.65 bits per heavy atom. The number of fused-ring (bicyclic) bond motifs is 2. The van der Waals surface area contributed by atoms with E-state index in [4.69, 9.17) is 4.42 Å². The van der Waals surface area contributed by atoms with Crippen molar-refractivity contribution in [2.24, 2.45) is 0 Å². The molecule has 1 N–H and O–H groups in total. The molecule has 0 bridgehead atoms. The van der Waals surface area contributed by atoms with E-state index in [1.807, 2.05) is 72.8 Å². The lowest BCUT2D eigenvalue weighted by Gasteiger charge is -2.07. The molecule has 0 aliphatic carbocycles. The van der Waals surface area contributed by atoms with Crippen LogP contribution in [-0.4, -0.2) is 10.9 Å². The summed E-state index contributed by atoms with van der Waals surface area (Å²) in [5, 5.41) is 5.11. The largest absolute Gasteiger partial charge is 0.436 e. The molecule has 0 spiro atoms. The molecule has 4 aromatic carbocycles. The topological polar surface area (TPSA) is 55.1 Å². The van der Waals surface area contributed by atoms with Crippen LogP contribution < -0.4 is 5.32 Å². The minimum atomic E-state index is -0.137. The molecule has 1 heterocycles. The summed E-state index contributed by atoms with van der Waals surface area (Å²) >= 11 is 0. The SMILES string of the molecule is CC(C)c1ccc2oc(-c3ccc(NC(=O)c4ccc5ccccc5c4)cc3)nc2c1. The lowest BCUT2D eigenvalue weighted by atomic mass is 10.0. The average Bonchev–Trinajstić information content (AvgIpc) is 3.22. The van der Waals surface area contributed by atoms with Gasteiger partial charge in [0.05, 0.1) is 0 Å². The molecule has 0 unspecified atom stereocenters. The van der Waals surface area contributed by atoms with Crippen molar-refractivity contribution in [3.05, 3.63) is 96.1 Å². The number of benzene rings is 4. The number of nitrogens with zero attached hydrogens (tertiary/aromatic N) is 1. The summed E-state index contributed by atoms with van der Waals surface area (Å²) in [6, 6.07) is 27.4. The van der Waals surface area contributed by atoms with Crippen molar-refractivity contribution in [1.29, 1.82) is 0 Å². The second kappa shape index (κ2) is 7.73. The number of rotatable bonds is 4. The predicted molar refractivity (Wildman–Crippen MR) is 125 cm³/mol. The number of carbonyl (C=O) groups excluding carboxylic acids is 1. The highest BCUT2D eigenvalue weighted by atomic mass is 16.3. The Balaban J connectivity index is 1.35. The summed E-state index contributed by atoms with van der Waals surface area (Å²) in [5.74, 6) is 0.875. The molecule has 0 atom stereocenters. The van der Waals surface area contributed by atoms with E-state index in [1.165, 1.54) is 5.56 Å². The van der Waals surface area contributed by atoms with Crippen molar-refractivity contribution in [1.82, 2.24) is 4.98 Å². The molecule has 152 valence electrons. The maximum Gasteiger partial charge on any atom is 0.255 e. The van der Waals surface area contributed by atoms with E-state index in [9.17, 15) is 4.79 Å². The maximum absolute atomic E-state index is 12.7. The average molecular weight is 406 g/mol. The molecule has 0 saturated heterocycles. The molecule has 5 aromatic rings. The zero-order chi connectivity index (χ0) is 21.4. The quantitative estimate of drug-likeness (QED) is 0.349. The molecule has 0 aliphatic rings. The summed E-state index contributed by atoms with van der Waals surface area (Å²) in [4.78, 5) is 17.3. The highest BCUT2D eigenvalue weighted by Gasteiger charge is 2.11. The minimum absolute atomic E-state index is 0.137. The molecule has 4 heteroatoms. The van der Waals surface area contributed by atoms with Crippen LogP contribution in [0.3, 0.4) is 0 Å². The highest BCUT2D eigenvalue weighted by molar-refractivity contribution is 6.06. The van der Waals surface area contributed by atoms with Crippen LogP contribution in [0.25, 0.3) is 33.3 Å². The van der Waals surface area contributed by atoms with Gasteiger partial charge >= 0.3 is 0 Å². The molecule has 0 fully saturated rings. The molecule has 0 radical (unpaired) electrons. The van der Waals surface area contributed by atoms with Crippen molar-refractivity contribution < 1.29 is 9.21 Å². The van der Waals surface area contributed by atoms with Crippen molar-refractivity contribution >= 4 is 33.5 Å². The number of nitrogens with one attached hydrogen (secondary N) is 1. The van der Waals surface area contributed by atoms with Gasteiger partial charge in [-0.3, -0.25) is 4.79 Å². The number of amides is 1. The molecular formula is C27H22N2O2. The number of carbonyl (C=O) groups is 1.